The van der Waals surface area contributed by atoms with Crippen LogP contribution >= 0.6 is 0 Å². The normalized spacial score (nSPS) is 19.8. The topological polar surface area (TPSA) is 22.1 Å². The molecule has 0 saturated carbocycles. The van der Waals surface area contributed by atoms with Crippen molar-refractivity contribution in [1.82, 2.24) is 4.98 Å². The highest BCUT2D eigenvalue weighted by molar-refractivity contribution is 5.96. The van der Waals surface area contributed by atoms with Gasteiger partial charge in [-0.2, -0.15) is 0 Å². The van der Waals surface area contributed by atoms with Gasteiger partial charge in [0.25, 0.3) is 0 Å². The van der Waals surface area contributed by atoms with Gasteiger partial charge in [-0.05, 0) is 52.1 Å². The van der Waals surface area contributed by atoms with Gasteiger partial charge in [0.2, 0.25) is 0 Å². The third-order valence-corrected chi connectivity index (χ3v) is 10.6. The van der Waals surface area contributed by atoms with Crippen molar-refractivity contribution in [2.45, 2.75) is 11.3 Å². The molecule has 2 heterocycles. The second-order valence-electron chi connectivity index (χ2n) is 13.0. The second-order valence-corrected chi connectivity index (χ2v) is 13.0. The largest absolute Gasteiger partial charge is 0.456 e. The highest BCUT2D eigenvalue weighted by Gasteiger charge is 2.56. The number of pyridine rings is 1. The lowest BCUT2D eigenvalue weighted by Crippen LogP contribution is -2.37. The van der Waals surface area contributed by atoms with Gasteiger partial charge >= 0.3 is 0 Å². The Labute approximate surface area is 280 Å². The van der Waals surface area contributed by atoms with Gasteiger partial charge in [0, 0.05) is 39.5 Å². The van der Waals surface area contributed by atoms with Crippen molar-refractivity contribution in [3.63, 3.8) is 0 Å². The number of hydrogen-bond donors (Lipinski definition) is 0. The molecule has 0 saturated heterocycles. The second kappa shape index (κ2) is 10.5. The first-order valence-electron chi connectivity index (χ1n) is 16.7. The molecule has 1 spiro atoms. The van der Waals surface area contributed by atoms with Crippen LogP contribution < -0.4 is 4.74 Å². The highest BCUT2D eigenvalue weighted by atomic mass is 16.5. The fraction of sp³-hybridized carbons (Fsp3) is 0.0652. The average molecular weight is 614 g/mol. The molecule has 10 rings (SSSR count). The Kier molecular flexibility index (Phi) is 5.95. The summed E-state index contributed by atoms with van der Waals surface area (Å²) < 4.78 is 6.96. The third kappa shape index (κ3) is 3.83. The summed E-state index contributed by atoms with van der Waals surface area (Å²) in [4.78, 5) is 5.05. The molecule has 3 atom stereocenters. The molecule has 6 aromatic carbocycles. The molecular formula is C46H31NO. The summed E-state index contributed by atoms with van der Waals surface area (Å²) in [6, 6.07) is 54.4. The molecule has 0 radical (unpaired) electrons. The van der Waals surface area contributed by atoms with Gasteiger partial charge in [0.05, 0.1) is 16.6 Å². The maximum Gasteiger partial charge on any atom is 0.139 e. The summed E-state index contributed by atoms with van der Waals surface area (Å²) in [5, 5.41) is 1.14. The Balaban J connectivity index is 1.15. The molecule has 48 heavy (non-hydrogen) atoms. The van der Waals surface area contributed by atoms with Crippen LogP contribution in [0, 0.1) is 5.92 Å². The zero-order valence-electron chi connectivity index (χ0n) is 26.3. The lowest BCUT2D eigenvalue weighted by atomic mass is 9.61. The van der Waals surface area contributed by atoms with Crippen LogP contribution in [0.25, 0.3) is 44.4 Å². The number of ether oxygens (including phenoxy) is 1. The van der Waals surface area contributed by atoms with E-state index in [4.69, 9.17) is 9.72 Å². The molecule has 0 amide bonds. The Bertz CT molecular complexity index is 2460. The first-order valence-corrected chi connectivity index (χ1v) is 16.7. The van der Waals surface area contributed by atoms with Crippen molar-refractivity contribution >= 4 is 10.9 Å². The maximum atomic E-state index is 6.96. The van der Waals surface area contributed by atoms with Crippen LogP contribution in [0.15, 0.2) is 176 Å². The van der Waals surface area contributed by atoms with Crippen molar-refractivity contribution in [3.8, 4) is 45.0 Å². The molecule has 0 bridgehead atoms. The number of benzene rings is 6. The van der Waals surface area contributed by atoms with Crippen LogP contribution in [-0.2, 0) is 5.41 Å². The van der Waals surface area contributed by atoms with Gasteiger partial charge in [0.1, 0.15) is 11.5 Å². The van der Waals surface area contributed by atoms with E-state index in [0.717, 1.165) is 50.3 Å². The molecule has 226 valence electrons. The van der Waals surface area contributed by atoms with Gasteiger partial charge in [-0.15, -0.1) is 0 Å². The Morgan fingerprint density at radius 1 is 0.521 bits per heavy atom. The Morgan fingerprint density at radius 3 is 2.12 bits per heavy atom. The lowest BCUT2D eigenvalue weighted by Gasteiger charge is -2.43. The maximum absolute atomic E-state index is 6.96. The van der Waals surface area contributed by atoms with E-state index >= 15 is 0 Å². The van der Waals surface area contributed by atoms with Crippen LogP contribution in [0.5, 0.6) is 11.5 Å². The van der Waals surface area contributed by atoms with Crippen LogP contribution in [-0.4, -0.2) is 4.98 Å². The van der Waals surface area contributed by atoms with Crippen LogP contribution in [0.4, 0.5) is 0 Å². The van der Waals surface area contributed by atoms with E-state index in [2.05, 4.69) is 170 Å². The number of aromatic nitrogens is 1. The van der Waals surface area contributed by atoms with E-state index in [1.165, 1.54) is 27.8 Å². The van der Waals surface area contributed by atoms with Crippen molar-refractivity contribution in [3.05, 3.63) is 198 Å². The van der Waals surface area contributed by atoms with Crippen LogP contribution in [0.3, 0.4) is 0 Å². The monoisotopic (exact) mass is 613 g/mol. The van der Waals surface area contributed by atoms with Crippen molar-refractivity contribution in [2.75, 3.05) is 0 Å². The van der Waals surface area contributed by atoms with Crippen molar-refractivity contribution < 1.29 is 4.74 Å². The molecule has 2 heteroatoms. The predicted octanol–water partition coefficient (Wildman–Crippen LogP) is 11.5. The predicted molar refractivity (Wildman–Crippen MR) is 195 cm³/mol. The zero-order chi connectivity index (χ0) is 31.7. The molecule has 0 fully saturated rings. The van der Waals surface area contributed by atoms with Crippen LogP contribution in [0.2, 0.25) is 0 Å². The molecule has 0 N–H and O–H groups in total. The molecule has 3 aliphatic rings. The number of nitrogens with zero attached hydrogens (tertiary/aromatic N) is 1. The zero-order valence-corrected chi connectivity index (χ0v) is 26.3. The smallest absolute Gasteiger partial charge is 0.139 e. The van der Waals surface area contributed by atoms with Gasteiger partial charge in [0.15, 0.2) is 0 Å². The van der Waals surface area contributed by atoms with Gasteiger partial charge in [-0.25, -0.2) is 4.98 Å². The molecular weight excluding hydrogens is 583 g/mol. The fourth-order valence-corrected chi connectivity index (χ4v) is 8.65. The number of rotatable bonds is 3. The summed E-state index contributed by atoms with van der Waals surface area (Å²) in [7, 11) is 0. The minimum absolute atomic E-state index is 0.245. The van der Waals surface area contributed by atoms with E-state index < -0.39 is 0 Å². The number of allylic oxidation sites excluding steroid dienone is 4. The summed E-state index contributed by atoms with van der Waals surface area (Å²) in [6.07, 6.45) is 9.23. The standard InChI is InChI=1S/C46H31NO/c1-2-13-30(14-3-1)42-28-27-37-33(19-12-25-43(37)47-42)31-15-10-16-32(29-31)34-20-11-24-41-45(34)48-44-26-9-8-23-40(44)46(41)38-21-6-4-17-35(38)36-18-5-7-22-39(36)46/h1-29,35,38H. The third-order valence-electron chi connectivity index (χ3n) is 10.6. The van der Waals surface area contributed by atoms with E-state index in [1.54, 1.807) is 0 Å². The van der Waals surface area contributed by atoms with Crippen molar-refractivity contribution in [1.29, 1.82) is 0 Å². The van der Waals surface area contributed by atoms with Gasteiger partial charge < -0.3 is 4.74 Å². The fourth-order valence-electron chi connectivity index (χ4n) is 8.65. The number of hydrogen-bond acceptors (Lipinski definition) is 2. The summed E-state index contributed by atoms with van der Waals surface area (Å²) in [5.41, 5.74) is 12.5. The van der Waals surface area contributed by atoms with E-state index in [-0.39, 0.29) is 11.3 Å². The van der Waals surface area contributed by atoms with E-state index in [1.807, 2.05) is 6.07 Å². The van der Waals surface area contributed by atoms with Crippen LogP contribution in [0.1, 0.15) is 28.2 Å². The quantitative estimate of drug-likeness (QED) is 0.198. The average Bonchev–Trinajstić information content (AvgIpc) is 3.45. The van der Waals surface area contributed by atoms with Gasteiger partial charge in [-0.3, -0.25) is 0 Å². The minimum atomic E-state index is -0.363. The van der Waals surface area contributed by atoms with E-state index in [9.17, 15) is 0 Å². The number of para-hydroxylation sites is 2. The lowest BCUT2D eigenvalue weighted by molar-refractivity contribution is 0.375. The first kappa shape index (κ1) is 27.2. The number of fused-ring (bicyclic) bond motifs is 10. The SMILES string of the molecule is C1=CC2c3ccccc3C3(c4ccccc4Oc4c(-c5cccc(-c6cccc7nc(-c8ccccc8)ccc67)c5)cccc43)C2C=C1. The first-order chi connectivity index (χ1) is 23.8. The van der Waals surface area contributed by atoms with Gasteiger partial charge in [-0.1, -0.05) is 152 Å². The minimum Gasteiger partial charge on any atom is -0.456 e. The molecule has 1 aliphatic heterocycles. The Morgan fingerprint density at radius 2 is 1.21 bits per heavy atom. The summed E-state index contributed by atoms with van der Waals surface area (Å²) >= 11 is 0. The van der Waals surface area contributed by atoms with E-state index in [0.29, 0.717) is 5.92 Å². The highest BCUT2D eigenvalue weighted by Crippen LogP contribution is 2.65. The summed E-state index contributed by atoms with van der Waals surface area (Å²) in [6.45, 7) is 0. The summed E-state index contributed by atoms with van der Waals surface area (Å²) in [5.74, 6) is 2.43. The van der Waals surface area contributed by atoms with Crippen molar-refractivity contribution in [2.24, 2.45) is 5.92 Å². The molecule has 3 unspecified atom stereocenters. The molecule has 7 aromatic rings. The molecule has 2 aliphatic carbocycles. The molecule has 1 aromatic heterocycles. The Hall–Kier alpha value is -5.99. The molecule has 2 nitrogen and oxygen atoms in total.